The van der Waals surface area contributed by atoms with E-state index in [1.807, 2.05) is 37.3 Å². The van der Waals surface area contributed by atoms with Gasteiger partial charge in [0.15, 0.2) is 0 Å². The Bertz CT molecular complexity index is 1390. The molecule has 0 spiro atoms. The van der Waals surface area contributed by atoms with Crippen LogP contribution in [0.25, 0.3) is 11.3 Å². The molecule has 2 atom stereocenters. The molecule has 2 aliphatic rings. The molecule has 39 heavy (non-hydrogen) atoms. The van der Waals surface area contributed by atoms with Crippen molar-refractivity contribution in [2.45, 2.75) is 32.5 Å². The van der Waals surface area contributed by atoms with Crippen LogP contribution in [0, 0.1) is 0 Å². The summed E-state index contributed by atoms with van der Waals surface area (Å²) in [7, 11) is 3.85. The average molecular weight is 549 g/mol. The van der Waals surface area contributed by atoms with E-state index in [-0.39, 0.29) is 17.9 Å². The summed E-state index contributed by atoms with van der Waals surface area (Å²) in [6, 6.07) is 10.5. The van der Waals surface area contributed by atoms with E-state index in [0.29, 0.717) is 34.3 Å². The van der Waals surface area contributed by atoms with Gasteiger partial charge in [-0.2, -0.15) is 0 Å². The van der Waals surface area contributed by atoms with Crippen LogP contribution in [0.2, 0.25) is 5.02 Å². The van der Waals surface area contributed by atoms with Gasteiger partial charge in [-0.25, -0.2) is 15.0 Å². The van der Waals surface area contributed by atoms with E-state index < -0.39 is 6.04 Å². The van der Waals surface area contributed by atoms with Gasteiger partial charge in [-0.05, 0) is 44.7 Å². The van der Waals surface area contributed by atoms with E-state index in [9.17, 15) is 9.59 Å². The van der Waals surface area contributed by atoms with Crippen molar-refractivity contribution >= 4 is 35.2 Å². The first-order valence-corrected chi connectivity index (χ1v) is 13.5. The fraction of sp³-hybridized carbons (Fsp3) is 0.393. The van der Waals surface area contributed by atoms with Gasteiger partial charge in [0.25, 0.3) is 5.91 Å². The maximum atomic E-state index is 13.4. The monoisotopic (exact) mass is 548 g/mol. The first-order chi connectivity index (χ1) is 18.7. The predicted molar refractivity (Wildman–Crippen MR) is 152 cm³/mol. The van der Waals surface area contributed by atoms with Crippen molar-refractivity contribution < 1.29 is 9.59 Å². The molecule has 0 radical (unpaired) electrons. The van der Waals surface area contributed by atoms with Gasteiger partial charge in [0.1, 0.15) is 11.9 Å². The van der Waals surface area contributed by atoms with Gasteiger partial charge in [-0.3, -0.25) is 9.59 Å². The first-order valence-electron chi connectivity index (χ1n) is 13.1. The van der Waals surface area contributed by atoms with E-state index in [2.05, 4.69) is 37.4 Å². The maximum Gasteiger partial charge on any atom is 0.255 e. The second kappa shape index (κ2) is 11.2. The molecule has 3 aromatic rings. The highest BCUT2D eigenvalue weighted by Gasteiger charge is 2.35. The second-order valence-electron chi connectivity index (χ2n) is 10.1. The summed E-state index contributed by atoms with van der Waals surface area (Å²) in [6.45, 7) is 7.85. The zero-order valence-corrected chi connectivity index (χ0v) is 23.4. The van der Waals surface area contributed by atoms with Crippen LogP contribution in [-0.2, 0) is 11.3 Å². The Hall–Kier alpha value is -3.76. The number of benzene rings is 1. The Labute approximate surface area is 233 Å². The molecule has 2 aliphatic heterocycles. The highest BCUT2D eigenvalue weighted by atomic mass is 35.5. The molecule has 11 heteroatoms. The van der Waals surface area contributed by atoms with Crippen molar-refractivity contribution in [3.63, 3.8) is 0 Å². The standard InChI is InChI=1S/C28H33ClN8O2/c1-17(23-6-5-7-24(33-23)36-12-10-35(4)11-13-36)32-26(38)18(2)37-16-20-9-8-19(14-21(20)27(37)39)25-22(29)15-31-28(30-3)34-25/h5-9,14-15,17-18H,10-13,16H2,1-4H3,(H,32,38)(H,30,31,34). The molecule has 0 aliphatic carbocycles. The number of piperazine rings is 1. The van der Waals surface area contributed by atoms with Crippen molar-refractivity contribution in [1.29, 1.82) is 0 Å². The van der Waals surface area contributed by atoms with Crippen LogP contribution in [0.3, 0.4) is 0 Å². The van der Waals surface area contributed by atoms with Gasteiger partial charge >= 0.3 is 0 Å². The van der Waals surface area contributed by atoms with Gasteiger partial charge in [-0.15, -0.1) is 0 Å². The van der Waals surface area contributed by atoms with Gasteiger partial charge in [0, 0.05) is 50.9 Å². The van der Waals surface area contributed by atoms with Gasteiger partial charge < -0.3 is 25.3 Å². The number of hydrogen-bond acceptors (Lipinski definition) is 8. The number of hydrogen-bond donors (Lipinski definition) is 2. The molecule has 2 aromatic heterocycles. The number of fused-ring (bicyclic) bond motifs is 1. The number of likely N-dealkylation sites (N-methyl/N-ethyl adjacent to an activating group) is 1. The lowest BCUT2D eigenvalue weighted by atomic mass is 10.0. The summed E-state index contributed by atoms with van der Waals surface area (Å²) in [5.41, 5.74) is 3.44. The molecule has 4 heterocycles. The number of amides is 2. The molecular weight excluding hydrogens is 516 g/mol. The fourth-order valence-electron chi connectivity index (χ4n) is 4.92. The molecule has 0 bridgehead atoms. The minimum absolute atomic E-state index is 0.198. The molecule has 1 fully saturated rings. The maximum absolute atomic E-state index is 13.4. The number of rotatable bonds is 7. The Morgan fingerprint density at radius 1 is 1.08 bits per heavy atom. The highest BCUT2D eigenvalue weighted by molar-refractivity contribution is 6.33. The molecule has 10 nitrogen and oxygen atoms in total. The van der Waals surface area contributed by atoms with E-state index in [0.717, 1.165) is 43.3 Å². The number of nitrogens with zero attached hydrogens (tertiary/aromatic N) is 6. The Balaban J connectivity index is 1.27. The third-order valence-corrected chi connectivity index (χ3v) is 7.69. The number of carbonyl (C=O) groups excluding carboxylic acids is 2. The third kappa shape index (κ3) is 5.53. The Morgan fingerprint density at radius 3 is 2.59 bits per heavy atom. The Morgan fingerprint density at radius 2 is 1.85 bits per heavy atom. The SMILES string of the molecule is CNc1ncc(Cl)c(-c2ccc3c(c2)C(=O)N(C(C)C(=O)NC(C)c2cccc(N4CCN(C)CC4)n2)C3)n1. The van der Waals surface area contributed by atoms with E-state index in [4.69, 9.17) is 16.6 Å². The molecule has 2 amide bonds. The molecule has 1 aromatic carbocycles. The van der Waals surface area contributed by atoms with Crippen molar-refractivity contribution in [2.75, 3.05) is 50.5 Å². The summed E-state index contributed by atoms with van der Waals surface area (Å²) >= 11 is 6.34. The van der Waals surface area contributed by atoms with Crippen LogP contribution in [0.1, 0.15) is 41.5 Å². The third-order valence-electron chi connectivity index (χ3n) is 7.42. The van der Waals surface area contributed by atoms with E-state index >= 15 is 0 Å². The van der Waals surface area contributed by atoms with Crippen molar-refractivity contribution in [3.05, 3.63) is 64.4 Å². The first kappa shape index (κ1) is 26.8. The topological polar surface area (TPSA) is 107 Å². The number of nitrogens with one attached hydrogen (secondary N) is 2. The molecule has 2 unspecified atom stereocenters. The zero-order chi connectivity index (χ0) is 27.7. The summed E-state index contributed by atoms with van der Waals surface area (Å²) in [5, 5.41) is 6.34. The number of anilines is 2. The zero-order valence-electron chi connectivity index (χ0n) is 22.6. The smallest absolute Gasteiger partial charge is 0.255 e. The molecule has 2 N–H and O–H groups in total. The van der Waals surface area contributed by atoms with Crippen LogP contribution in [0.5, 0.6) is 0 Å². The van der Waals surface area contributed by atoms with Crippen LogP contribution in [0.15, 0.2) is 42.6 Å². The van der Waals surface area contributed by atoms with Crippen LogP contribution in [-0.4, -0.2) is 82.9 Å². The van der Waals surface area contributed by atoms with Crippen LogP contribution in [0.4, 0.5) is 11.8 Å². The second-order valence-corrected chi connectivity index (χ2v) is 10.5. The minimum Gasteiger partial charge on any atom is -0.357 e. The summed E-state index contributed by atoms with van der Waals surface area (Å²) in [5.74, 6) is 0.928. The fourth-order valence-corrected chi connectivity index (χ4v) is 5.12. The molecular formula is C28H33ClN8O2. The number of halogens is 1. The number of pyridine rings is 1. The normalized spacial score (nSPS) is 17.1. The van der Waals surface area contributed by atoms with Crippen molar-refractivity contribution in [1.82, 2.24) is 30.1 Å². The quantitative estimate of drug-likeness (QED) is 0.463. The van der Waals surface area contributed by atoms with Crippen LogP contribution >= 0.6 is 11.6 Å². The molecule has 1 saturated heterocycles. The Kier molecular flexibility index (Phi) is 7.67. The van der Waals surface area contributed by atoms with Crippen molar-refractivity contribution in [3.8, 4) is 11.3 Å². The number of aromatic nitrogens is 3. The van der Waals surface area contributed by atoms with Crippen LogP contribution < -0.4 is 15.5 Å². The molecule has 204 valence electrons. The predicted octanol–water partition coefficient (Wildman–Crippen LogP) is 3.21. The van der Waals surface area contributed by atoms with E-state index in [1.165, 1.54) is 6.20 Å². The lowest BCUT2D eigenvalue weighted by Crippen LogP contribution is -2.46. The molecule has 5 rings (SSSR count). The van der Waals surface area contributed by atoms with Gasteiger partial charge in [0.05, 0.1) is 28.6 Å². The lowest BCUT2D eigenvalue weighted by Gasteiger charge is -2.33. The summed E-state index contributed by atoms with van der Waals surface area (Å²) in [6.07, 6.45) is 1.53. The highest BCUT2D eigenvalue weighted by Crippen LogP contribution is 2.32. The summed E-state index contributed by atoms with van der Waals surface area (Å²) in [4.78, 5) is 46.2. The molecule has 0 saturated carbocycles. The van der Waals surface area contributed by atoms with E-state index in [1.54, 1.807) is 24.9 Å². The summed E-state index contributed by atoms with van der Waals surface area (Å²) < 4.78 is 0. The number of carbonyl (C=O) groups is 2. The lowest BCUT2D eigenvalue weighted by molar-refractivity contribution is -0.125. The van der Waals surface area contributed by atoms with Gasteiger partial charge in [-0.1, -0.05) is 29.8 Å². The largest absolute Gasteiger partial charge is 0.357 e. The van der Waals surface area contributed by atoms with Crippen molar-refractivity contribution in [2.24, 2.45) is 0 Å². The average Bonchev–Trinajstić information content (AvgIpc) is 3.28. The minimum atomic E-state index is -0.657. The van der Waals surface area contributed by atoms with Gasteiger partial charge in [0.2, 0.25) is 11.9 Å².